The number of ketones is 2. The number of hydrogen-bond acceptors (Lipinski definition) is 5. The Balaban J connectivity index is 1.81. The van der Waals surface area contributed by atoms with E-state index in [9.17, 15) is 19.5 Å². The standard InChI is InChI=1S/C26H34BrClO5/c1-15-11-20-19-12-16(2)26(21(31)14-28,33-22(32)6-10-29)24(19,4)8-9-25(20,27)23(3)7-5-17(30)13-18(15)23/h5,7,13,15-16,19-20,29H,6,8-12,14H2,1-4H3/t15-,16-,19-,20-,23-,24-,25+,26-/m0/s1. The Morgan fingerprint density at radius 2 is 1.91 bits per heavy atom. The Hall–Kier alpha value is -0.980. The number of fused-ring (bicyclic) bond motifs is 5. The minimum absolute atomic E-state index is 0.0431. The van der Waals surface area contributed by atoms with Crippen LogP contribution in [0.4, 0.5) is 0 Å². The number of allylic oxidation sites excluding steroid dienone is 4. The molecule has 4 rings (SSSR count). The molecule has 0 aromatic heterocycles. The van der Waals surface area contributed by atoms with Gasteiger partial charge in [-0.2, -0.15) is 0 Å². The zero-order valence-electron chi connectivity index (χ0n) is 19.8. The SMILES string of the molecule is C[C@H]1C[C@H]2[C@@H]3C[C@H](C)[C@](OC(=O)CCO)(C(=O)CCl)[C@@]3(C)CC[C@]2(Br)[C@@]2(C)C=CC(=O)C=C12. The molecule has 0 saturated heterocycles. The number of rotatable bonds is 5. The summed E-state index contributed by atoms with van der Waals surface area (Å²) in [6.45, 7) is 8.18. The summed E-state index contributed by atoms with van der Waals surface area (Å²) in [6.07, 6.45) is 8.56. The fourth-order valence-electron chi connectivity index (χ4n) is 8.09. The minimum atomic E-state index is -1.29. The maximum absolute atomic E-state index is 13.4. The molecule has 0 aliphatic heterocycles. The van der Waals surface area contributed by atoms with E-state index in [1.807, 2.05) is 13.0 Å². The lowest BCUT2D eigenvalue weighted by Gasteiger charge is -2.64. The van der Waals surface area contributed by atoms with Gasteiger partial charge in [0, 0.05) is 21.1 Å². The summed E-state index contributed by atoms with van der Waals surface area (Å²) in [7, 11) is 0. The van der Waals surface area contributed by atoms with Crippen LogP contribution in [0.25, 0.3) is 0 Å². The van der Waals surface area contributed by atoms with E-state index in [0.717, 1.165) is 19.3 Å². The number of carbonyl (C=O) groups excluding carboxylic acids is 3. The van der Waals surface area contributed by atoms with Crippen molar-refractivity contribution in [3.8, 4) is 0 Å². The summed E-state index contributed by atoms with van der Waals surface area (Å²) in [5, 5.41) is 9.27. The van der Waals surface area contributed by atoms with Gasteiger partial charge < -0.3 is 9.84 Å². The highest BCUT2D eigenvalue weighted by Gasteiger charge is 2.74. The Labute approximate surface area is 209 Å². The molecule has 182 valence electrons. The van der Waals surface area contributed by atoms with Crippen LogP contribution in [-0.2, 0) is 19.1 Å². The highest BCUT2D eigenvalue weighted by atomic mass is 79.9. The molecule has 0 heterocycles. The summed E-state index contributed by atoms with van der Waals surface area (Å²) >= 11 is 10.3. The van der Waals surface area contributed by atoms with E-state index in [0.29, 0.717) is 6.42 Å². The minimum Gasteiger partial charge on any atom is -0.450 e. The zero-order chi connectivity index (χ0) is 24.4. The van der Waals surface area contributed by atoms with Crippen LogP contribution in [0, 0.1) is 34.5 Å². The molecule has 1 N–H and O–H groups in total. The van der Waals surface area contributed by atoms with Crippen molar-refractivity contribution in [3.05, 3.63) is 23.8 Å². The zero-order valence-corrected chi connectivity index (χ0v) is 22.2. The highest BCUT2D eigenvalue weighted by Crippen LogP contribution is 2.73. The van der Waals surface area contributed by atoms with Gasteiger partial charge in [-0.1, -0.05) is 55.3 Å². The second-order valence-corrected chi connectivity index (χ2v) is 12.7. The predicted molar refractivity (Wildman–Crippen MR) is 130 cm³/mol. The summed E-state index contributed by atoms with van der Waals surface area (Å²) in [4.78, 5) is 38.3. The highest BCUT2D eigenvalue weighted by molar-refractivity contribution is 9.10. The maximum Gasteiger partial charge on any atom is 0.309 e. The first-order valence-electron chi connectivity index (χ1n) is 12.0. The monoisotopic (exact) mass is 540 g/mol. The molecule has 8 atom stereocenters. The van der Waals surface area contributed by atoms with Crippen molar-refractivity contribution in [2.45, 2.75) is 69.7 Å². The van der Waals surface area contributed by atoms with Crippen molar-refractivity contribution >= 4 is 45.1 Å². The molecule has 4 aliphatic carbocycles. The number of halogens is 2. The van der Waals surface area contributed by atoms with Gasteiger partial charge in [0.1, 0.15) is 0 Å². The van der Waals surface area contributed by atoms with Gasteiger partial charge in [-0.05, 0) is 55.6 Å². The third-order valence-corrected chi connectivity index (χ3v) is 11.7. The molecule has 3 saturated carbocycles. The van der Waals surface area contributed by atoms with Crippen molar-refractivity contribution in [2.24, 2.45) is 34.5 Å². The molecule has 3 fully saturated rings. The predicted octanol–water partition coefficient (Wildman–Crippen LogP) is 4.78. The van der Waals surface area contributed by atoms with Gasteiger partial charge in [0.05, 0.1) is 18.9 Å². The number of alkyl halides is 2. The van der Waals surface area contributed by atoms with Gasteiger partial charge in [-0.3, -0.25) is 14.4 Å². The van der Waals surface area contributed by atoms with Crippen molar-refractivity contribution in [3.63, 3.8) is 0 Å². The van der Waals surface area contributed by atoms with Crippen LogP contribution in [0.2, 0.25) is 0 Å². The van der Waals surface area contributed by atoms with Gasteiger partial charge in [-0.25, -0.2) is 0 Å². The van der Waals surface area contributed by atoms with Crippen molar-refractivity contribution in [1.29, 1.82) is 0 Å². The second kappa shape index (κ2) is 8.30. The smallest absolute Gasteiger partial charge is 0.309 e. The maximum atomic E-state index is 13.4. The first kappa shape index (κ1) is 25.1. The van der Waals surface area contributed by atoms with E-state index < -0.39 is 17.0 Å². The van der Waals surface area contributed by atoms with Crippen molar-refractivity contribution in [2.75, 3.05) is 12.5 Å². The lowest BCUT2D eigenvalue weighted by molar-refractivity contribution is -0.193. The van der Waals surface area contributed by atoms with Crippen LogP contribution < -0.4 is 0 Å². The van der Waals surface area contributed by atoms with Gasteiger partial charge in [0.15, 0.2) is 17.2 Å². The van der Waals surface area contributed by atoms with Crippen molar-refractivity contribution < 1.29 is 24.2 Å². The average molecular weight is 542 g/mol. The number of aliphatic hydroxyl groups excluding tert-OH is 1. The number of carbonyl (C=O) groups is 3. The Morgan fingerprint density at radius 3 is 2.55 bits per heavy atom. The molecule has 0 amide bonds. The third-order valence-electron chi connectivity index (χ3n) is 9.66. The summed E-state index contributed by atoms with van der Waals surface area (Å²) in [6, 6.07) is 0. The molecule has 4 aliphatic rings. The normalized spacial score (nSPS) is 46.2. The van der Waals surface area contributed by atoms with Crippen molar-refractivity contribution in [1.82, 2.24) is 0 Å². The molecule has 7 heteroatoms. The fraction of sp³-hybridized carbons (Fsp3) is 0.731. The second-order valence-electron chi connectivity index (χ2n) is 11.0. The number of ether oxygens (including phenoxy) is 1. The Morgan fingerprint density at radius 1 is 1.21 bits per heavy atom. The van der Waals surface area contributed by atoms with Gasteiger partial charge in [0.25, 0.3) is 0 Å². The molecule has 0 radical (unpaired) electrons. The Bertz CT molecular complexity index is 945. The van der Waals surface area contributed by atoms with Crippen LogP contribution in [0.1, 0.15) is 59.8 Å². The van der Waals surface area contributed by atoms with Gasteiger partial charge >= 0.3 is 5.97 Å². The molecular weight excluding hydrogens is 508 g/mol. The third kappa shape index (κ3) is 3.22. The molecular formula is C26H34BrClO5. The average Bonchev–Trinajstić information content (AvgIpc) is 2.98. The van der Waals surface area contributed by atoms with E-state index in [4.69, 9.17) is 16.3 Å². The first-order valence-corrected chi connectivity index (χ1v) is 13.3. The Kier molecular flexibility index (Phi) is 6.32. The summed E-state index contributed by atoms with van der Waals surface area (Å²) in [5.41, 5.74) is -0.978. The van der Waals surface area contributed by atoms with E-state index in [2.05, 4.69) is 42.8 Å². The molecule has 5 nitrogen and oxygen atoms in total. The number of Topliss-reactive ketones (excluding diaryl/α,β-unsaturated/α-hetero) is 1. The number of esters is 1. The molecule has 0 spiro atoms. The van der Waals surface area contributed by atoms with Crippen LogP contribution >= 0.6 is 27.5 Å². The summed E-state index contributed by atoms with van der Waals surface area (Å²) in [5.74, 6) is -0.544. The largest absolute Gasteiger partial charge is 0.450 e. The lowest BCUT2D eigenvalue weighted by Crippen LogP contribution is -2.65. The number of aliphatic hydroxyl groups is 1. The molecule has 33 heavy (non-hydrogen) atoms. The lowest BCUT2D eigenvalue weighted by atomic mass is 9.45. The fourth-order valence-corrected chi connectivity index (χ4v) is 9.36. The molecule has 0 unspecified atom stereocenters. The van der Waals surface area contributed by atoms with Crippen LogP contribution in [0.3, 0.4) is 0 Å². The van der Waals surface area contributed by atoms with Gasteiger partial charge in [0.2, 0.25) is 0 Å². The quantitative estimate of drug-likeness (QED) is 0.400. The van der Waals surface area contributed by atoms with Crippen LogP contribution in [-0.4, -0.2) is 45.1 Å². The van der Waals surface area contributed by atoms with Gasteiger partial charge in [-0.15, -0.1) is 11.6 Å². The molecule has 0 aromatic rings. The molecule has 0 aromatic carbocycles. The first-order chi connectivity index (χ1) is 15.4. The molecule has 0 bridgehead atoms. The van der Waals surface area contributed by atoms with E-state index in [1.165, 1.54) is 5.57 Å². The van der Waals surface area contributed by atoms with E-state index >= 15 is 0 Å². The van der Waals surface area contributed by atoms with Crippen LogP contribution in [0.5, 0.6) is 0 Å². The summed E-state index contributed by atoms with van der Waals surface area (Å²) < 4.78 is 5.79. The number of hydrogen-bond donors (Lipinski definition) is 1. The van der Waals surface area contributed by atoms with E-state index in [1.54, 1.807) is 6.08 Å². The van der Waals surface area contributed by atoms with Crippen LogP contribution in [0.15, 0.2) is 23.8 Å². The topological polar surface area (TPSA) is 80.7 Å². The van der Waals surface area contributed by atoms with E-state index in [-0.39, 0.29) is 63.9 Å².